The molecule has 0 heterocycles. The third kappa shape index (κ3) is 8.05. The van der Waals surface area contributed by atoms with E-state index in [1.54, 1.807) is 0 Å². The largest absolute Gasteiger partial charge is 0.459 e. The van der Waals surface area contributed by atoms with Crippen LogP contribution >= 0.6 is 0 Å². The zero-order chi connectivity index (χ0) is 11.4. The Balaban J connectivity index is 3.83. The van der Waals surface area contributed by atoms with Crippen LogP contribution in [0.4, 0.5) is 0 Å². The summed E-state index contributed by atoms with van der Waals surface area (Å²) < 4.78 is 5.21. The highest BCUT2D eigenvalue weighted by Crippen LogP contribution is 2.07. The zero-order valence-corrected chi connectivity index (χ0v) is 10.3. The number of ether oxygens (including phenoxy) is 1. The summed E-state index contributed by atoms with van der Waals surface area (Å²) in [4.78, 5) is 13.4. The Labute approximate surface area is 87.4 Å². The molecule has 0 aromatic heterocycles. The Kier molecular flexibility index (Phi) is 5.13. The van der Waals surface area contributed by atoms with E-state index in [0.29, 0.717) is 12.5 Å². The lowest BCUT2D eigenvalue weighted by Crippen LogP contribution is -2.34. The molecule has 0 N–H and O–H groups in total. The second-order valence-corrected chi connectivity index (χ2v) is 5.18. The molecule has 0 aromatic carbocycles. The van der Waals surface area contributed by atoms with E-state index >= 15 is 0 Å². The first kappa shape index (κ1) is 13.4. The average Bonchev–Trinajstić information content (AvgIpc) is 1.77. The highest BCUT2D eigenvalue weighted by atomic mass is 16.6. The molecule has 0 atom stereocenters. The van der Waals surface area contributed by atoms with Gasteiger partial charge in [0.15, 0.2) is 0 Å². The summed E-state index contributed by atoms with van der Waals surface area (Å²) in [6.07, 6.45) is 0. The minimum atomic E-state index is -0.379. The summed E-state index contributed by atoms with van der Waals surface area (Å²) in [6, 6.07) is 0. The molecule has 0 unspecified atom stereocenters. The SMILES string of the molecule is CC(C)CN(C)CC(=O)OC(C)(C)C. The molecular formula is C11H23NO2. The molecule has 0 spiro atoms. The van der Waals surface area contributed by atoms with Gasteiger partial charge in [0.1, 0.15) is 5.60 Å². The molecule has 3 heteroatoms. The summed E-state index contributed by atoms with van der Waals surface area (Å²) in [5, 5.41) is 0. The molecule has 0 aromatic rings. The molecule has 0 aliphatic heterocycles. The van der Waals surface area contributed by atoms with E-state index in [0.717, 1.165) is 6.54 Å². The lowest BCUT2D eigenvalue weighted by molar-refractivity contribution is -0.155. The molecule has 0 rings (SSSR count). The van der Waals surface area contributed by atoms with Gasteiger partial charge in [-0.05, 0) is 33.7 Å². The number of nitrogens with zero attached hydrogens (tertiary/aromatic N) is 1. The summed E-state index contributed by atoms with van der Waals surface area (Å²) in [6.45, 7) is 11.2. The Bertz CT molecular complexity index is 182. The molecule has 14 heavy (non-hydrogen) atoms. The van der Waals surface area contributed by atoms with Crippen LogP contribution < -0.4 is 0 Å². The van der Waals surface area contributed by atoms with Crippen molar-refractivity contribution in [3.63, 3.8) is 0 Å². The van der Waals surface area contributed by atoms with Gasteiger partial charge < -0.3 is 4.74 Å². The standard InChI is InChI=1S/C11H23NO2/c1-9(2)7-12(6)8-10(13)14-11(3,4)5/h9H,7-8H2,1-6H3. The van der Waals surface area contributed by atoms with Gasteiger partial charge >= 0.3 is 5.97 Å². The number of likely N-dealkylation sites (N-methyl/N-ethyl adjacent to an activating group) is 1. The number of hydrogen-bond donors (Lipinski definition) is 0. The Morgan fingerprint density at radius 1 is 1.36 bits per heavy atom. The van der Waals surface area contributed by atoms with Crippen LogP contribution in [0.2, 0.25) is 0 Å². The molecule has 0 aliphatic carbocycles. The van der Waals surface area contributed by atoms with Crippen molar-refractivity contribution >= 4 is 5.97 Å². The van der Waals surface area contributed by atoms with E-state index in [9.17, 15) is 4.79 Å². The van der Waals surface area contributed by atoms with Crippen molar-refractivity contribution in [1.82, 2.24) is 4.90 Å². The summed E-state index contributed by atoms with van der Waals surface area (Å²) in [5.41, 5.74) is -0.379. The highest BCUT2D eigenvalue weighted by molar-refractivity contribution is 5.72. The van der Waals surface area contributed by atoms with Crippen LogP contribution in [0.25, 0.3) is 0 Å². The fraction of sp³-hybridized carbons (Fsp3) is 0.909. The van der Waals surface area contributed by atoms with E-state index in [4.69, 9.17) is 4.74 Å². The van der Waals surface area contributed by atoms with Gasteiger partial charge in [-0.1, -0.05) is 13.8 Å². The van der Waals surface area contributed by atoms with Gasteiger partial charge in [-0.25, -0.2) is 0 Å². The first-order valence-corrected chi connectivity index (χ1v) is 5.11. The van der Waals surface area contributed by atoms with Gasteiger partial charge in [0.05, 0.1) is 6.54 Å². The Hall–Kier alpha value is -0.570. The first-order chi connectivity index (χ1) is 6.20. The quantitative estimate of drug-likeness (QED) is 0.651. The van der Waals surface area contributed by atoms with Crippen molar-refractivity contribution in [3.05, 3.63) is 0 Å². The highest BCUT2D eigenvalue weighted by Gasteiger charge is 2.17. The molecule has 0 saturated heterocycles. The number of rotatable bonds is 4. The third-order valence-corrected chi connectivity index (χ3v) is 1.50. The van der Waals surface area contributed by atoms with E-state index in [-0.39, 0.29) is 11.6 Å². The van der Waals surface area contributed by atoms with E-state index in [1.165, 1.54) is 0 Å². The maximum Gasteiger partial charge on any atom is 0.320 e. The monoisotopic (exact) mass is 201 g/mol. The molecule has 0 aliphatic rings. The van der Waals surface area contributed by atoms with Crippen molar-refractivity contribution in [1.29, 1.82) is 0 Å². The van der Waals surface area contributed by atoms with Crippen molar-refractivity contribution in [2.24, 2.45) is 5.92 Å². The lowest BCUT2D eigenvalue weighted by Gasteiger charge is -2.23. The Morgan fingerprint density at radius 2 is 1.86 bits per heavy atom. The van der Waals surface area contributed by atoms with Gasteiger partial charge in [0.2, 0.25) is 0 Å². The average molecular weight is 201 g/mol. The topological polar surface area (TPSA) is 29.5 Å². The van der Waals surface area contributed by atoms with Crippen molar-refractivity contribution in [3.8, 4) is 0 Å². The van der Waals surface area contributed by atoms with Crippen LogP contribution in [0.5, 0.6) is 0 Å². The first-order valence-electron chi connectivity index (χ1n) is 5.11. The molecule has 0 fully saturated rings. The van der Waals surface area contributed by atoms with Gasteiger partial charge in [0.25, 0.3) is 0 Å². The van der Waals surface area contributed by atoms with Crippen LogP contribution in [0.3, 0.4) is 0 Å². The van der Waals surface area contributed by atoms with E-state index in [1.807, 2.05) is 32.7 Å². The van der Waals surface area contributed by atoms with Crippen molar-refractivity contribution in [2.45, 2.75) is 40.2 Å². The van der Waals surface area contributed by atoms with E-state index in [2.05, 4.69) is 13.8 Å². The minimum Gasteiger partial charge on any atom is -0.459 e. The number of hydrogen-bond acceptors (Lipinski definition) is 3. The maximum atomic E-state index is 11.4. The molecule has 0 bridgehead atoms. The van der Waals surface area contributed by atoms with Crippen LogP contribution in [0.15, 0.2) is 0 Å². The number of esters is 1. The van der Waals surface area contributed by atoms with Crippen LogP contribution in [-0.2, 0) is 9.53 Å². The fourth-order valence-corrected chi connectivity index (χ4v) is 1.28. The fourth-order valence-electron chi connectivity index (χ4n) is 1.28. The minimum absolute atomic E-state index is 0.152. The number of carbonyl (C=O) groups is 1. The second kappa shape index (κ2) is 5.35. The van der Waals surface area contributed by atoms with Crippen molar-refractivity contribution < 1.29 is 9.53 Å². The normalized spacial score (nSPS) is 12.3. The third-order valence-electron chi connectivity index (χ3n) is 1.50. The van der Waals surface area contributed by atoms with Gasteiger partial charge in [-0.15, -0.1) is 0 Å². The van der Waals surface area contributed by atoms with Gasteiger partial charge in [-0.2, -0.15) is 0 Å². The summed E-state index contributed by atoms with van der Waals surface area (Å²) in [7, 11) is 1.93. The summed E-state index contributed by atoms with van der Waals surface area (Å²) >= 11 is 0. The smallest absolute Gasteiger partial charge is 0.320 e. The van der Waals surface area contributed by atoms with Gasteiger partial charge in [-0.3, -0.25) is 9.69 Å². The van der Waals surface area contributed by atoms with Crippen LogP contribution in [0, 0.1) is 5.92 Å². The van der Waals surface area contributed by atoms with Crippen LogP contribution in [0.1, 0.15) is 34.6 Å². The zero-order valence-electron chi connectivity index (χ0n) is 10.3. The van der Waals surface area contributed by atoms with E-state index < -0.39 is 0 Å². The molecule has 0 radical (unpaired) electrons. The maximum absolute atomic E-state index is 11.4. The van der Waals surface area contributed by atoms with Crippen LogP contribution in [-0.4, -0.2) is 36.6 Å². The number of carbonyl (C=O) groups excluding carboxylic acids is 1. The van der Waals surface area contributed by atoms with Gasteiger partial charge in [0, 0.05) is 6.54 Å². The predicted octanol–water partition coefficient (Wildman–Crippen LogP) is 1.92. The molecular weight excluding hydrogens is 178 g/mol. The molecule has 0 amide bonds. The Morgan fingerprint density at radius 3 is 2.21 bits per heavy atom. The molecule has 0 saturated carbocycles. The predicted molar refractivity (Wildman–Crippen MR) is 58.2 cm³/mol. The van der Waals surface area contributed by atoms with Crippen molar-refractivity contribution in [2.75, 3.05) is 20.1 Å². The lowest BCUT2D eigenvalue weighted by atomic mass is 10.2. The molecule has 3 nitrogen and oxygen atoms in total. The summed E-state index contributed by atoms with van der Waals surface area (Å²) in [5.74, 6) is 0.420. The second-order valence-electron chi connectivity index (χ2n) is 5.18. The molecule has 84 valence electrons.